The molecule has 1 rings (SSSR count). The van der Waals surface area contributed by atoms with Gasteiger partial charge in [-0.05, 0) is 37.5 Å². The fourth-order valence-corrected chi connectivity index (χ4v) is 1.56. The van der Waals surface area contributed by atoms with Crippen molar-refractivity contribution in [3.05, 3.63) is 0 Å². The number of rotatable bonds is 2. The maximum atomic E-state index is 10.4. The molecule has 0 amide bonds. The van der Waals surface area contributed by atoms with Gasteiger partial charge in [-0.2, -0.15) is 0 Å². The number of aliphatic carboxylic acids is 2. The first-order valence-corrected chi connectivity index (χ1v) is 4.03. The van der Waals surface area contributed by atoms with Gasteiger partial charge < -0.3 is 19.8 Å². The number of carbonyl (C=O) groups excluding carboxylic acids is 2. The second-order valence-electron chi connectivity index (χ2n) is 3.19. The predicted molar refractivity (Wildman–Crippen MR) is 35.5 cm³/mol. The first-order chi connectivity index (χ1) is 5.61. The first kappa shape index (κ1) is 9.03. The Morgan fingerprint density at radius 2 is 1.08 bits per heavy atom. The van der Waals surface area contributed by atoms with E-state index in [2.05, 4.69) is 0 Å². The van der Waals surface area contributed by atoms with Gasteiger partial charge in [0.1, 0.15) is 0 Å². The molecule has 1 aliphatic rings. The number of carboxylic acids is 2. The zero-order valence-corrected chi connectivity index (χ0v) is 6.62. The molecule has 1 fully saturated rings. The van der Waals surface area contributed by atoms with E-state index < -0.39 is 23.8 Å². The molecule has 1 aliphatic carbocycles. The molecule has 0 saturated heterocycles. The summed E-state index contributed by atoms with van der Waals surface area (Å²) in [6.45, 7) is 0. The Morgan fingerprint density at radius 3 is 1.25 bits per heavy atom. The molecule has 0 bridgehead atoms. The van der Waals surface area contributed by atoms with Crippen molar-refractivity contribution in [3.8, 4) is 0 Å². The lowest BCUT2D eigenvalue weighted by Gasteiger charge is -2.29. The summed E-state index contributed by atoms with van der Waals surface area (Å²) in [6.07, 6.45) is 1.62. The standard InChI is InChI=1S/C8H12O4/c9-7(10)5-1-2-6(4-3-5)8(11)12/h5-6H,1-4H2,(H,9,10)(H,11,12)/p-2. The van der Waals surface area contributed by atoms with Crippen LogP contribution in [0, 0.1) is 11.8 Å². The van der Waals surface area contributed by atoms with Crippen LogP contribution in [-0.4, -0.2) is 11.9 Å². The van der Waals surface area contributed by atoms with Crippen molar-refractivity contribution < 1.29 is 19.8 Å². The van der Waals surface area contributed by atoms with Crippen LogP contribution in [0.3, 0.4) is 0 Å². The van der Waals surface area contributed by atoms with Crippen molar-refractivity contribution in [2.75, 3.05) is 0 Å². The van der Waals surface area contributed by atoms with E-state index in [0.717, 1.165) is 0 Å². The number of carboxylic acid groups (broad SMARTS) is 2. The van der Waals surface area contributed by atoms with Crippen LogP contribution in [0.4, 0.5) is 0 Å². The van der Waals surface area contributed by atoms with E-state index in [9.17, 15) is 19.8 Å². The summed E-state index contributed by atoms with van der Waals surface area (Å²) in [5, 5.41) is 20.7. The molecule has 0 heterocycles. The zero-order chi connectivity index (χ0) is 9.14. The summed E-state index contributed by atoms with van der Waals surface area (Å²) in [5.74, 6) is -3.04. The quantitative estimate of drug-likeness (QED) is 0.494. The lowest BCUT2D eigenvalue weighted by atomic mass is 9.82. The van der Waals surface area contributed by atoms with Gasteiger partial charge in [0.15, 0.2) is 0 Å². The van der Waals surface area contributed by atoms with Crippen LogP contribution in [0.5, 0.6) is 0 Å². The topological polar surface area (TPSA) is 80.3 Å². The Bertz CT molecular complexity index is 169. The summed E-state index contributed by atoms with van der Waals surface area (Å²) < 4.78 is 0. The lowest BCUT2D eigenvalue weighted by molar-refractivity contribution is -0.318. The summed E-state index contributed by atoms with van der Waals surface area (Å²) in [6, 6.07) is 0. The van der Waals surface area contributed by atoms with Crippen molar-refractivity contribution in [2.45, 2.75) is 25.7 Å². The minimum absolute atomic E-state index is 0.404. The maximum Gasteiger partial charge on any atom is 0.0445 e. The van der Waals surface area contributed by atoms with E-state index in [4.69, 9.17) is 0 Å². The molecule has 0 aromatic rings. The van der Waals surface area contributed by atoms with Crippen LogP contribution in [-0.2, 0) is 9.59 Å². The van der Waals surface area contributed by atoms with Crippen LogP contribution in [0.25, 0.3) is 0 Å². The van der Waals surface area contributed by atoms with E-state index >= 15 is 0 Å². The van der Waals surface area contributed by atoms with Crippen LogP contribution >= 0.6 is 0 Å². The van der Waals surface area contributed by atoms with Crippen molar-refractivity contribution >= 4 is 11.9 Å². The van der Waals surface area contributed by atoms with E-state index in [1.165, 1.54) is 0 Å². The molecule has 0 aliphatic heterocycles. The normalized spacial score (nSPS) is 29.7. The second kappa shape index (κ2) is 3.56. The first-order valence-electron chi connectivity index (χ1n) is 4.03. The van der Waals surface area contributed by atoms with Gasteiger partial charge in [-0.25, -0.2) is 0 Å². The van der Waals surface area contributed by atoms with Crippen LogP contribution < -0.4 is 10.2 Å². The minimum Gasteiger partial charge on any atom is -0.550 e. The molecular weight excluding hydrogens is 160 g/mol. The van der Waals surface area contributed by atoms with E-state index in [-0.39, 0.29) is 0 Å². The monoisotopic (exact) mass is 170 g/mol. The summed E-state index contributed by atoms with van der Waals surface area (Å²) in [4.78, 5) is 20.7. The Hall–Kier alpha value is -1.06. The number of hydrogen-bond donors (Lipinski definition) is 0. The van der Waals surface area contributed by atoms with Crippen LogP contribution in [0.15, 0.2) is 0 Å². The van der Waals surface area contributed by atoms with Gasteiger partial charge in [-0.15, -0.1) is 0 Å². The second-order valence-corrected chi connectivity index (χ2v) is 3.19. The SMILES string of the molecule is O=C([O-])C1CCC(C(=O)[O-])CC1. The molecule has 0 N–H and O–H groups in total. The zero-order valence-electron chi connectivity index (χ0n) is 6.62. The average Bonchev–Trinajstić information content (AvgIpc) is 2.04. The molecule has 0 atom stereocenters. The third-order valence-electron chi connectivity index (χ3n) is 2.39. The predicted octanol–water partition coefficient (Wildman–Crippen LogP) is -1.71. The Balaban J connectivity index is 2.39. The molecule has 0 aromatic carbocycles. The van der Waals surface area contributed by atoms with Gasteiger partial charge in [0.05, 0.1) is 0 Å². The molecule has 0 spiro atoms. The molecule has 1 saturated carbocycles. The highest BCUT2D eigenvalue weighted by Crippen LogP contribution is 2.27. The third-order valence-corrected chi connectivity index (χ3v) is 2.39. The average molecular weight is 170 g/mol. The summed E-state index contributed by atoms with van der Waals surface area (Å²) >= 11 is 0. The molecular formula is C8H10O4-2. The van der Waals surface area contributed by atoms with Gasteiger partial charge in [0.25, 0.3) is 0 Å². The highest BCUT2D eigenvalue weighted by molar-refractivity contribution is 5.70. The third kappa shape index (κ3) is 1.96. The molecule has 4 nitrogen and oxygen atoms in total. The lowest BCUT2D eigenvalue weighted by Crippen LogP contribution is -2.38. The van der Waals surface area contributed by atoms with Gasteiger partial charge >= 0.3 is 0 Å². The molecule has 0 radical (unpaired) electrons. The largest absolute Gasteiger partial charge is 0.550 e. The minimum atomic E-state index is -1.06. The van der Waals surface area contributed by atoms with Gasteiger partial charge in [0, 0.05) is 11.9 Å². The Morgan fingerprint density at radius 1 is 0.833 bits per heavy atom. The van der Waals surface area contributed by atoms with E-state index in [0.29, 0.717) is 25.7 Å². The van der Waals surface area contributed by atoms with Gasteiger partial charge in [-0.3, -0.25) is 0 Å². The molecule has 0 unspecified atom stereocenters. The molecule has 12 heavy (non-hydrogen) atoms. The van der Waals surface area contributed by atoms with Crippen molar-refractivity contribution in [1.29, 1.82) is 0 Å². The van der Waals surface area contributed by atoms with Crippen LogP contribution in [0.1, 0.15) is 25.7 Å². The highest BCUT2D eigenvalue weighted by Gasteiger charge is 2.22. The van der Waals surface area contributed by atoms with Gasteiger partial charge in [-0.1, -0.05) is 0 Å². The van der Waals surface area contributed by atoms with Gasteiger partial charge in [0.2, 0.25) is 0 Å². The Labute approximate surface area is 70.2 Å². The van der Waals surface area contributed by atoms with E-state index in [1.54, 1.807) is 0 Å². The van der Waals surface area contributed by atoms with E-state index in [1.807, 2.05) is 0 Å². The fraction of sp³-hybridized carbons (Fsp3) is 0.750. The number of carbonyl (C=O) groups is 2. The van der Waals surface area contributed by atoms with Crippen molar-refractivity contribution in [1.82, 2.24) is 0 Å². The molecule has 0 aromatic heterocycles. The molecule has 68 valence electrons. The maximum absolute atomic E-state index is 10.4. The molecule has 4 heteroatoms. The highest BCUT2D eigenvalue weighted by atomic mass is 16.4. The summed E-state index contributed by atoms with van der Waals surface area (Å²) in [7, 11) is 0. The van der Waals surface area contributed by atoms with Crippen molar-refractivity contribution in [3.63, 3.8) is 0 Å². The van der Waals surface area contributed by atoms with Crippen molar-refractivity contribution in [2.24, 2.45) is 11.8 Å². The smallest absolute Gasteiger partial charge is 0.0445 e. The number of hydrogen-bond acceptors (Lipinski definition) is 4. The summed E-state index contributed by atoms with van der Waals surface area (Å²) in [5.41, 5.74) is 0. The Kier molecular flexibility index (Phi) is 2.68. The van der Waals surface area contributed by atoms with Crippen LogP contribution in [0.2, 0.25) is 0 Å². The fourth-order valence-electron chi connectivity index (χ4n) is 1.56.